The van der Waals surface area contributed by atoms with Crippen LogP contribution in [0.3, 0.4) is 0 Å². The molecule has 0 fully saturated rings. The summed E-state index contributed by atoms with van der Waals surface area (Å²) >= 11 is 0. The third-order valence-electron chi connectivity index (χ3n) is 2.03. The predicted molar refractivity (Wildman–Crippen MR) is 63.7 cm³/mol. The first-order valence-electron chi connectivity index (χ1n) is 5.14. The molecule has 0 saturated carbocycles. The Hall–Kier alpha value is -1.85. The number of carbonyl (C=O) groups is 1. The smallest absolute Gasteiger partial charge is 0.328 e. The highest BCUT2D eigenvalue weighted by atomic mass is 16.5. The third kappa shape index (κ3) is 4.67. The van der Waals surface area contributed by atoms with Gasteiger partial charge in [-0.1, -0.05) is 18.2 Å². The van der Waals surface area contributed by atoms with Crippen LogP contribution in [0.1, 0.15) is 5.56 Å². The molecule has 1 aromatic rings. The number of aliphatic hydroxyl groups excluding tert-OH is 1. The van der Waals surface area contributed by atoms with Gasteiger partial charge in [-0.3, -0.25) is 0 Å². The van der Waals surface area contributed by atoms with Gasteiger partial charge in [-0.25, -0.2) is 4.79 Å². The summed E-state index contributed by atoms with van der Waals surface area (Å²) in [6, 6.07) is 6.96. The fraction of sp³-hybridized carbons (Fsp3) is 0.250. The number of nitrogens with two attached hydrogens (primary N) is 1. The van der Waals surface area contributed by atoms with Gasteiger partial charge in [0.2, 0.25) is 0 Å². The molecule has 0 aliphatic rings. The van der Waals surface area contributed by atoms with Gasteiger partial charge >= 0.3 is 5.97 Å². The maximum Gasteiger partial charge on any atom is 0.328 e. The minimum absolute atomic E-state index is 0.0778. The lowest BCUT2D eigenvalue weighted by Crippen LogP contribution is -2.26. The second-order valence-corrected chi connectivity index (χ2v) is 3.41. The number of carboxylic acids is 1. The summed E-state index contributed by atoms with van der Waals surface area (Å²) in [5.41, 5.74) is 5.89. The Bertz CT molecular complexity index is 403. The second kappa shape index (κ2) is 6.67. The number of benzene rings is 1. The standard InChI is InChI=1S/C12H15NO4/c13-7-10(14)8-17-11-4-2-1-3-9(11)5-6-12(15)16/h1-6,10,14H,7-8,13H2,(H,15,16). The SMILES string of the molecule is NCC(O)COc1ccccc1C=CC(=O)O. The first kappa shape index (κ1) is 13.2. The second-order valence-electron chi connectivity index (χ2n) is 3.41. The Labute approximate surface area is 99.1 Å². The van der Waals surface area contributed by atoms with E-state index in [1.165, 1.54) is 6.08 Å². The summed E-state index contributed by atoms with van der Waals surface area (Å²) in [6.45, 7) is 0.196. The van der Waals surface area contributed by atoms with E-state index in [0.29, 0.717) is 11.3 Å². The molecule has 0 aliphatic heterocycles. The van der Waals surface area contributed by atoms with Crippen molar-refractivity contribution < 1.29 is 19.7 Å². The van der Waals surface area contributed by atoms with Gasteiger partial charge in [0.15, 0.2) is 0 Å². The van der Waals surface area contributed by atoms with Gasteiger partial charge in [0.1, 0.15) is 18.5 Å². The van der Waals surface area contributed by atoms with Gasteiger partial charge in [0.05, 0.1) is 0 Å². The van der Waals surface area contributed by atoms with Crippen molar-refractivity contribution in [2.45, 2.75) is 6.10 Å². The van der Waals surface area contributed by atoms with Crippen molar-refractivity contribution in [2.75, 3.05) is 13.2 Å². The van der Waals surface area contributed by atoms with Gasteiger partial charge in [0, 0.05) is 18.2 Å². The van der Waals surface area contributed by atoms with E-state index in [0.717, 1.165) is 6.08 Å². The van der Waals surface area contributed by atoms with E-state index in [4.69, 9.17) is 15.6 Å². The molecule has 5 heteroatoms. The normalized spacial score (nSPS) is 12.6. The van der Waals surface area contributed by atoms with E-state index in [-0.39, 0.29) is 13.2 Å². The number of rotatable bonds is 6. The molecule has 0 amide bonds. The summed E-state index contributed by atoms with van der Waals surface area (Å²) in [4.78, 5) is 10.4. The van der Waals surface area contributed by atoms with E-state index in [1.807, 2.05) is 0 Å². The van der Waals surface area contributed by atoms with Crippen molar-refractivity contribution in [2.24, 2.45) is 5.73 Å². The van der Waals surface area contributed by atoms with Crippen LogP contribution < -0.4 is 10.5 Å². The summed E-state index contributed by atoms with van der Waals surface area (Å²) in [5.74, 6) is -0.515. The lowest BCUT2D eigenvalue weighted by atomic mass is 10.2. The molecule has 1 atom stereocenters. The number of hydrogen-bond donors (Lipinski definition) is 3. The fourth-order valence-corrected chi connectivity index (χ4v) is 1.16. The number of para-hydroxylation sites is 1. The summed E-state index contributed by atoms with van der Waals surface area (Å²) in [5, 5.41) is 17.8. The lowest BCUT2D eigenvalue weighted by molar-refractivity contribution is -0.131. The van der Waals surface area contributed by atoms with E-state index >= 15 is 0 Å². The number of aliphatic hydroxyl groups is 1. The quantitative estimate of drug-likeness (QED) is 0.626. The van der Waals surface area contributed by atoms with Gasteiger partial charge in [0.25, 0.3) is 0 Å². The predicted octanol–water partition coefficient (Wildman–Crippen LogP) is 0.483. The van der Waals surface area contributed by atoms with E-state index in [9.17, 15) is 9.90 Å². The third-order valence-corrected chi connectivity index (χ3v) is 2.03. The highest BCUT2D eigenvalue weighted by Crippen LogP contribution is 2.19. The monoisotopic (exact) mass is 237 g/mol. The average molecular weight is 237 g/mol. The minimum Gasteiger partial charge on any atom is -0.490 e. The van der Waals surface area contributed by atoms with Crippen molar-refractivity contribution in [1.29, 1.82) is 0 Å². The highest BCUT2D eigenvalue weighted by Gasteiger charge is 2.04. The van der Waals surface area contributed by atoms with Crippen LogP contribution in [0.5, 0.6) is 5.75 Å². The summed E-state index contributed by atoms with van der Waals surface area (Å²) in [7, 11) is 0. The molecule has 1 aromatic carbocycles. The van der Waals surface area contributed by atoms with Crippen LogP contribution in [0.25, 0.3) is 6.08 Å². The Morgan fingerprint density at radius 3 is 2.82 bits per heavy atom. The summed E-state index contributed by atoms with van der Waals surface area (Å²) < 4.78 is 5.35. The maximum absolute atomic E-state index is 10.4. The minimum atomic E-state index is -1.03. The zero-order chi connectivity index (χ0) is 12.7. The lowest BCUT2D eigenvalue weighted by Gasteiger charge is -2.12. The Balaban J connectivity index is 2.74. The van der Waals surface area contributed by atoms with Crippen molar-refractivity contribution in [3.63, 3.8) is 0 Å². The molecule has 0 radical (unpaired) electrons. The molecular weight excluding hydrogens is 222 g/mol. The number of ether oxygens (including phenoxy) is 1. The van der Waals surface area contributed by atoms with Crippen LogP contribution >= 0.6 is 0 Å². The number of hydrogen-bond acceptors (Lipinski definition) is 4. The summed E-state index contributed by atoms with van der Waals surface area (Å²) in [6.07, 6.45) is 1.74. The molecule has 0 bridgehead atoms. The first-order valence-corrected chi connectivity index (χ1v) is 5.14. The largest absolute Gasteiger partial charge is 0.490 e. The molecule has 1 unspecified atom stereocenters. The van der Waals surface area contributed by atoms with Crippen LogP contribution in [0.4, 0.5) is 0 Å². The van der Waals surface area contributed by atoms with Crippen LogP contribution in [0.2, 0.25) is 0 Å². The first-order chi connectivity index (χ1) is 8.13. The molecule has 0 saturated heterocycles. The molecule has 4 N–H and O–H groups in total. The maximum atomic E-state index is 10.4. The van der Waals surface area contributed by atoms with Crippen molar-refractivity contribution in [3.05, 3.63) is 35.9 Å². The van der Waals surface area contributed by atoms with Crippen molar-refractivity contribution in [3.8, 4) is 5.75 Å². The highest BCUT2D eigenvalue weighted by molar-refractivity contribution is 5.85. The van der Waals surface area contributed by atoms with Gasteiger partial charge in [-0.15, -0.1) is 0 Å². The van der Waals surface area contributed by atoms with E-state index in [1.54, 1.807) is 24.3 Å². The topological polar surface area (TPSA) is 92.8 Å². The molecule has 0 aromatic heterocycles. The van der Waals surface area contributed by atoms with Gasteiger partial charge < -0.3 is 20.7 Å². The zero-order valence-electron chi connectivity index (χ0n) is 9.24. The van der Waals surface area contributed by atoms with Crippen LogP contribution in [-0.2, 0) is 4.79 Å². The number of aliphatic carboxylic acids is 1. The molecular formula is C12H15NO4. The van der Waals surface area contributed by atoms with E-state index in [2.05, 4.69) is 0 Å². The van der Waals surface area contributed by atoms with E-state index < -0.39 is 12.1 Å². The molecule has 0 spiro atoms. The van der Waals surface area contributed by atoms with Crippen LogP contribution in [-0.4, -0.2) is 35.4 Å². The Morgan fingerprint density at radius 2 is 2.18 bits per heavy atom. The fourth-order valence-electron chi connectivity index (χ4n) is 1.16. The van der Waals surface area contributed by atoms with Crippen LogP contribution in [0.15, 0.2) is 30.3 Å². The zero-order valence-corrected chi connectivity index (χ0v) is 9.24. The Kier molecular flexibility index (Phi) is 5.19. The van der Waals surface area contributed by atoms with Crippen molar-refractivity contribution >= 4 is 12.0 Å². The molecule has 1 rings (SSSR count). The Morgan fingerprint density at radius 1 is 1.47 bits per heavy atom. The van der Waals surface area contributed by atoms with Gasteiger partial charge in [-0.2, -0.15) is 0 Å². The number of carboxylic acid groups (broad SMARTS) is 1. The van der Waals surface area contributed by atoms with Gasteiger partial charge in [-0.05, 0) is 12.1 Å². The molecule has 5 nitrogen and oxygen atoms in total. The average Bonchev–Trinajstić information content (AvgIpc) is 2.34. The molecule has 0 aliphatic carbocycles. The molecule has 17 heavy (non-hydrogen) atoms. The van der Waals surface area contributed by atoms with Crippen LogP contribution in [0, 0.1) is 0 Å². The molecule has 0 heterocycles. The molecule has 92 valence electrons. The van der Waals surface area contributed by atoms with Crippen molar-refractivity contribution in [1.82, 2.24) is 0 Å².